The number of urea groups is 1. The Hall–Kier alpha value is -2.67. The fraction of sp³-hybridized carbons (Fsp3) is 0.278. The number of nitrogens with one attached hydrogen (secondary N) is 1. The van der Waals surface area contributed by atoms with Gasteiger partial charge in [-0.15, -0.1) is 0 Å². The van der Waals surface area contributed by atoms with Gasteiger partial charge in [-0.3, -0.25) is 0 Å². The molecule has 5 N–H and O–H groups in total. The summed E-state index contributed by atoms with van der Waals surface area (Å²) in [5, 5.41) is 2.27. The molecule has 134 valence electrons. The number of anilines is 1. The second kappa shape index (κ2) is 7.94. The Morgan fingerprint density at radius 2 is 1.96 bits per heavy atom. The van der Waals surface area contributed by atoms with Gasteiger partial charge in [-0.25, -0.2) is 4.79 Å². The molecule has 0 unspecified atom stereocenters. The summed E-state index contributed by atoms with van der Waals surface area (Å²) in [6.45, 7) is 1.05. The molecule has 5 nitrogen and oxygen atoms in total. The summed E-state index contributed by atoms with van der Waals surface area (Å²) in [4.78, 5) is 10.8. The Morgan fingerprint density at radius 3 is 2.64 bits per heavy atom. The zero-order chi connectivity index (χ0) is 18.4. The minimum Gasteiger partial charge on any atom is -0.487 e. The first-order chi connectivity index (χ1) is 11.8. The van der Waals surface area contributed by atoms with Gasteiger partial charge >= 0.3 is 12.0 Å². The van der Waals surface area contributed by atoms with Crippen LogP contribution >= 0.6 is 0 Å². The highest BCUT2D eigenvalue weighted by Gasteiger charge is 2.33. The van der Waals surface area contributed by atoms with Gasteiger partial charge < -0.3 is 21.5 Å². The molecular weight excluding hydrogens is 328 g/mol. The minimum absolute atomic E-state index is 0.0304. The number of nitrogens with two attached hydrogens (primary N) is 2. The van der Waals surface area contributed by atoms with Crippen LogP contribution < -0.4 is 21.5 Å². The van der Waals surface area contributed by atoms with E-state index >= 15 is 0 Å². The highest BCUT2D eigenvalue weighted by atomic mass is 19.3. The molecule has 0 spiro atoms. The first kappa shape index (κ1) is 18.7. The molecule has 0 bridgehead atoms. The second-order valence-corrected chi connectivity index (χ2v) is 5.89. The molecule has 0 aromatic heterocycles. The van der Waals surface area contributed by atoms with Crippen LogP contribution in [0.2, 0.25) is 0 Å². The fourth-order valence-corrected chi connectivity index (χ4v) is 2.36. The normalized spacial score (nSPS) is 12.5. The van der Waals surface area contributed by atoms with Crippen molar-refractivity contribution in [1.29, 1.82) is 0 Å². The smallest absolute Gasteiger partial charge is 0.316 e. The standard InChI is InChI=1S/C18H21F2N3O2/c1-12(21)8-13-4-2-7-16(9-13)25-11-18(19,20)14-5-3-6-15(10-14)23-17(22)24/h2-7,9-10,12H,8,11,21H2,1H3,(H3,22,23,24)/t12-/m0/s1. The molecular formula is C18H21F2N3O2. The third-order valence-corrected chi connectivity index (χ3v) is 3.43. The fourth-order valence-electron chi connectivity index (χ4n) is 2.36. The lowest BCUT2D eigenvalue weighted by Crippen LogP contribution is -2.24. The van der Waals surface area contributed by atoms with Crippen LogP contribution in [0.4, 0.5) is 19.3 Å². The predicted octanol–water partition coefficient (Wildman–Crippen LogP) is 3.24. The highest BCUT2D eigenvalue weighted by molar-refractivity contribution is 5.87. The van der Waals surface area contributed by atoms with Crippen molar-refractivity contribution < 1.29 is 18.3 Å². The predicted molar refractivity (Wildman–Crippen MR) is 92.8 cm³/mol. The number of ether oxygens (including phenoxy) is 1. The van der Waals surface area contributed by atoms with Crippen LogP contribution in [0.25, 0.3) is 0 Å². The molecule has 2 rings (SSSR count). The molecule has 7 heteroatoms. The Balaban J connectivity index is 2.07. The highest BCUT2D eigenvalue weighted by Crippen LogP contribution is 2.30. The number of hydrogen-bond donors (Lipinski definition) is 3. The van der Waals surface area contributed by atoms with E-state index in [0.29, 0.717) is 12.2 Å². The van der Waals surface area contributed by atoms with Crippen molar-refractivity contribution in [3.8, 4) is 5.75 Å². The van der Waals surface area contributed by atoms with Gasteiger partial charge in [0.25, 0.3) is 0 Å². The number of halogens is 2. The molecule has 25 heavy (non-hydrogen) atoms. The summed E-state index contributed by atoms with van der Waals surface area (Å²) in [5.41, 5.74) is 11.6. The van der Waals surface area contributed by atoms with Gasteiger partial charge in [0.05, 0.1) is 0 Å². The average molecular weight is 349 g/mol. The van der Waals surface area contributed by atoms with Crippen LogP contribution in [-0.4, -0.2) is 18.7 Å². The summed E-state index contributed by atoms with van der Waals surface area (Å²) in [6, 6.07) is 11.4. The van der Waals surface area contributed by atoms with E-state index < -0.39 is 18.6 Å². The molecule has 2 amide bonds. The van der Waals surface area contributed by atoms with Crippen molar-refractivity contribution in [3.63, 3.8) is 0 Å². The Labute approximate surface area is 145 Å². The third-order valence-electron chi connectivity index (χ3n) is 3.43. The summed E-state index contributed by atoms with van der Waals surface area (Å²) < 4.78 is 34.0. The molecule has 0 radical (unpaired) electrons. The van der Waals surface area contributed by atoms with E-state index in [9.17, 15) is 13.6 Å². The number of alkyl halides is 2. The zero-order valence-electron chi connectivity index (χ0n) is 13.8. The van der Waals surface area contributed by atoms with Crippen molar-refractivity contribution >= 4 is 11.7 Å². The van der Waals surface area contributed by atoms with Crippen molar-refractivity contribution in [2.45, 2.75) is 25.3 Å². The van der Waals surface area contributed by atoms with E-state index in [1.54, 1.807) is 18.2 Å². The van der Waals surface area contributed by atoms with Gasteiger partial charge in [0.15, 0.2) is 6.61 Å². The first-order valence-corrected chi connectivity index (χ1v) is 7.78. The maximum Gasteiger partial charge on any atom is 0.316 e. The van der Waals surface area contributed by atoms with Crippen LogP contribution in [0.5, 0.6) is 5.75 Å². The molecule has 0 fully saturated rings. The topological polar surface area (TPSA) is 90.4 Å². The van der Waals surface area contributed by atoms with Gasteiger partial charge in [0.1, 0.15) is 5.75 Å². The number of carbonyl (C=O) groups excluding carboxylic acids is 1. The number of primary amides is 1. The third kappa shape index (κ3) is 5.72. The van der Waals surface area contributed by atoms with Crippen LogP contribution in [-0.2, 0) is 12.3 Å². The average Bonchev–Trinajstić information content (AvgIpc) is 2.52. The van der Waals surface area contributed by atoms with E-state index in [4.69, 9.17) is 16.2 Å². The summed E-state index contributed by atoms with van der Waals surface area (Å²) in [5.74, 6) is -2.88. The maximum absolute atomic E-state index is 14.4. The molecule has 0 saturated carbocycles. The van der Waals surface area contributed by atoms with Crippen molar-refractivity contribution in [3.05, 3.63) is 59.7 Å². The van der Waals surface area contributed by atoms with E-state index in [0.717, 1.165) is 5.56 Å². The molecule has 1 atom stereocenters. The number of carbonyl (C=O) groups is 1. The van der Waals surface area contributed by atoms with Crippen molar-refractivity contribution in [1.82, 2.24) is 0 Å². The van der Waals surface area contributed by atoms with Gasteiger partial charge in [-0.2, -0.15) is 8.78 Å². The molecule has 0 saturated heterocycles. The summed E-state index contributed by atoms with van der Waals surface area (Å²) in [6.07, 6.45) is 0.633. The molecule has 2 aromatic rings. The van der Waals surface area contributed by atoms with Crippen molar-refractivity contribution in [2.75, 3.05) is 11.9 Å². The molecule has 0 aliphatic rings. The lowest BCUT2D eigenvalue weighted by Gasteiger charge is -2.19. The summed E-state index contributed by atoms with van der Waals surface area (Å²) >= 11 is 0. The van der Waals surface area contributed by atoms with Crippen LogP contribution in [0, 0.1) is 0 Å². The van der Waals surface area contributed by atoms with E-state index in [-0.39, 0.29) is 17.3 Å². The van der Waals surface area contributed by atoms with Gasteiger partial charge in [0.2, 0.25) is 0 Å². The zero-order valence-corrected chi connectivity index (χ0v) is 13.8. The molecule has 0 aliphatic heterocycles. The van der Waals surface area contributed by atoms with Gasteiger partial charge in [-0.05, 0) is 43.2 Å². The largest absolute Gasteiger partial charge is 0.487 e. The van der Waals surface area contributed by atoms with Gasteiger partial charge in [0, 0.05) is 17.3 Å². The summed E-state index contributed by atoms with van der Waals surface area (Å²) in [7, 11) is 0. The van der Waals surface area contributed by atoms with Gasteiger partial charge in [-0.1, -0.05) is 24.3 Å². The lowest BCUT2D eigenvalue weighted by molar-refractivity contribution is -0.0467. The minimum atomic E-state index is -3.23. The lowest BCUT2D eigenvalue weighted by atomic mass is 10.1. The second-order valence-electron chi connectivity index (χ2n) is 5.89. The molecule has 0 aliphatic carbocycles. The van der Waals surface area contributed by atoms with Crippen LogP contribution in [0.3, 0.4) is 0 Å². The molecule has 0 heterocycles. The number of amides is 2. The molecule has 2 aromatic carbocycles. The Morgan fingerprint density at radius 1 is 1.24 bits per heavy atom. The SMILES string of the molecule is C[C@H](N)Cc1cccc(OCC(F)(F)c2cccc(NC(N)=O)c2)c1. The quantitative estimate of drug-likeness (QED) is 0.717. The van der Waals surface area contributed by atoms with E-state index in [1.807, 2.05) is 13.0 Å². The van der Waals surface area contributed by atoms with E-state index in [2.05, 4.69) is 5.32 Å². The maximum atomic E-state index is 14.4. The van der Waals surface area contributed by atoms with E-state index in [1.165, 1.54) is 24.3 Å². The van der Waals surface area contributed by atoms with Crippen LogP contribution in [0.15, 0.2) is 48.5 Å². The number of benzene rings is 2. The van der Waals surface area contributed by atoms with Crippen LogP contribution in [0.1, 0.15) is 18.1 Å². The Kier molecular flexibility index (Phi) is 5.93. The monoisotopic (exact) mass is 349 g/mol. The Bertz CT molecular complexity index is 736. The number of rotatable bonds is 7. The van der Waals surface area contributed by atoms with Crippen molar-refractivity contribution in [2.24, 2.45) is 11.5 Å². The number of hydrogen-bond acceptors (Lipinski definition) is 3. The first-order valence-electron chi connectivity index (χ1n) is 7.78.